The molecule has 1 aromatic carbocycles. The molecule has 2 heterocycles. The Kier molecular flexibility index (Phi) is 8.65. The van der Waals surface area contributed by atoms with Crippen molar-refractivity contribution in [2.24, 2.45) is 0 Å². The summed E-state index contributed by atoms with van der Waals surface area (Å²) in [5.74, 6) is -0.819. The fourth-order valence-electron chi connectivity index (χ4n) is 4.13. The number of hydrogen-bond acceptors (Lipinski definition) is 6. The summed E-state index contributed by atoms with van der Waals surface area (Å²) in [7, 11) is 0. The number of ether oxygens (including phenoxy) is 1. The summed E-state index contributed by atoms with van der Waals surface area (Å²) >= 11 is 0. The van der Waals surface area contributed by atoms with Crippen molar-refractivity contribution < 1.29 is 23.9 Å². The monoisotopic (exact) mass is 459 g/mol. The summed E-state index contributed by atoms with van der Waals surface area (Å²) in [4.78, 5) is 55.2. The Hall–Kier alpha value is -3.14. The van der Waals surface area contributed by atoms with Crippen LogP contribution in [0.25, 0.3) is 0 Å². The number of nitrogens with zero attached hydrogens (tertiary/aromatic N) is 3. The van der Waals surface area contributed by atoms with Crippen LogP contribution in [0.1, 0.15) is 25.8 Å². The molecule has 2 aliphatic rings. The molecule has 0 bridgehead atoms. The van der Waals surface area contributed by atoms with E-state index in [0.717, 1.165) is 17.7 Å². The summed E-state index contributed by atoms with van der Waals surface area (Å²) in [5, 5.41) is 5.64. The van der Waals surface area contributed by atoms with Gasteiger partial charge in [0.2, 0.25) is 17.7 Å². The largest absolute Gasteiger partial charge is 0.450 e. The maximum Gasteiger partial charge on any atom is 0.409 e. The predicted molar refractivity (Wildman–Crippen MR) is 123 cm³/mol. The van der Waals surface area contributed by atoms with E-state index in [1.54, 1.807) is 11.8 Å². The van der Waals surface area contributed by atoms with Gasteiger partial charge in [0.25, 0.3) is 0 Å². The second kappa shape index (κ2) is 11.6. The van der Waals surface area contributed by atoms with E-state index in [-0.39, 0.29) is 36.8 Å². The van der Waals surface area contributed by atoms with Gasteiger partial charge < -0.3 is 25.2 Å². The Bertz CT molecular complexity index is 869. The molecule has 3 rings (SSSR count). The third-order valence-electron chi connectivity index (χ3n) is 5.96. The molecular formula is C23H33N5O5. The Labute approximate surface area is 194 Å². The lowest BCUT2D eigenvalue weighted by Crippen LogP contribution is -2.60. The molecule has 4 amide bonds. The lowest BCUT2D eigenvalue weighted by molar-refractivity contribution is -0.145. The quantitative estimate of drug-likeness (QED) is 0.620. The number of amides is 4. The van der Waals surface area contributed by atoms with Crippen molar-refractivity contribution in [2.75, 3.05) is 57.7 Å². The van der Waals surface area contributed by atoms with E-state index in [1.807, 2.05) is 36.1 Å². The third kappa shape index (κ3) is 6.44. The first-order chi connectivity index (χ1) is 15.9. The second-order valence-corrected chi connectivity index (χ2v) is 8.12. The van der Waals surface area contributed by atoms with Crippen LogP contribution in [0.4, 0.5) is 10.5 Å². The average Bonchev–Trinajstić information content (AvgIpc) is 2.81. The van der Waals surface area contributed by atoms with Gasteiger partial charge in [-0.3, -0.25) is 19.3 Å². The number of hydrogen-bond donors (Lipinski definition) is 2. The number of aryl methyl sites for hydroxylation is 1. The van der Waals surface area contributed by atoms with E-state index >= 15 is 0 Å². The molecule has 2 saturated heterocycles. The maximum absolute atomic E-state index is 13.0. The zero-order chi connectivity index (χ0) is 23.8. The number of nitrogens with one attached hydrogen (secondary N) is 2. The lowest BCUT2D eigenvalue weighted by atomic mass is 10.1. The molecule has 1 atom stereocenters. The smallest absolute Gasteiger partial charge is 0.409 e. The fourth-order valence-corrected chi connectivity index (χ4v) is 4.13. The van der Waals surface area contributed by atoms with Gasteiger partial charge in [-0.15, -0.1) is 0 Å². The molecule has 2 aliphatic heterocycles. The van der Waals surface area contributed by atoms with E-state index < -0.39 is 6.04 Å². The topological polar surface area (TPSA) is 111 Å². The van der Waals surface area contributed by atoms with Gasteiger partial charge >= 0.3 is 6.09 Å². The number of rotatable bonds is 7. The minimum atomic E-state index is -0.846. The normalized spacial score (nSPS) is 19.1. The van der Waals surface area contributed by atoms with Crippen molar-refractivity contribution in [3.05, 3.63) is 29.8 Å². The molecule has 1 aromatic rings. The van der Waals surface area contributed by atoms with Crippen LogP contribution in [0.3, 0.4) is 0 Å². The predicted octanol–water partition coefficient (Wildman–Crippen LogP) is 0.679. The van der Waals surface area contributed by atoms with Crippen LogP contribution in [0.5, 0.6) is 0 Å². The minimum Gasteiger partial charge on any atom is -0.450 e. The van der Waals surface area contributed by atoms with Crippen molar-refractivity contribution in [1.29, 1.82) is 0 Å². The summed E-state index contributed by atoms with van der Waals surface area (Å²) in [6.07, 6.45) is 0.326. The Morgan fingerprint density at radius 2 is 1.82 bits per heavy atom. The van der Waals surface area contributed by atoms with Gasteiger partial charge in [0.1, 0.15) is 6.04 Å². The third-order valence-corrected chi connectivity index (χ3v) is 5.96. The van der Waals surface area contributed by atoms with Gasteiger partial charge in [0.15, 0.2) is 0 Å². The number of carbonyl (C=O) groups excluding carboxylic acids is 4. The van der Waals surface area contributed by atoms with Crippen LogP contribution in [0.15, 0.2) is 24.3 Å². The molecule has 33 heavy (non-hydrogen) atoms. The van der Waals surface area contributed by atoms with Gasteiger partial charge in [-0.2, -0.15) is 0 Å². The van der Waals surface area contributed by atoms with Crippen LogP contribution in [0, 0.1) is 0 Å². The van der Waals surface area contributed by atoms with E-state index in [1.165, 1.54) is 4.90 Å². The first-order valence-electron chi connectivity index (χ1n) is 11.5. The highest BCUT2D eigenvalue weighted by Gasteiger charge is 2.35. The summed E-state index contributed by atoms with van der Waals surface area (Å²) in [6, 6.07) is 6.69. The van der Waals surface area contributed by atoms with Crippen molar-refractivity contribution in [1.82, 2.24) is 20.0 Å². The Morgan fingerprint density at radius 3 is 2.52 bits per heavy atom. The lowest BCUT2D eigenvalue weighted by Gasteiger charge is -2.38. The van der Waals surface area contributed by atoms with Crippen molar-refractivity contribution in [3.8, 4) is 0 Å². The molecule has 0 spiro atoms. The van der Waals surface area contributed by atoms with Gasteiger partial charge in [0, 0.05) is 45.0 Å². The highest BCUT2D eigenvalue weighted by molar-refractivity contribution is 5.98. The number of benzene rings is 1. The summed E-state index contributed by atoms with van der Waals surface area (Å²) in [5.41, 5.74) is 1.73. The van der Waals surface area contributed by atoms with E-state index in [2.05, 4.69) is 10.6 Å². The van der Waals surface area contributed by atoms with Crippen molar-refractivity contribution in [2.45, 2.75) is 32.7 Å². The Morgan fingerprint density at radius 1 is 1.09 bits per heavy atom. The average molecular weight is 460 g/mol. The highest BCUT2D eigenvalue weighted by Crippen LogP contribution is 2.17. The minimum absolute atomic E-state index is 0.105. The standard InChI is InChI=1S/C23H33N5O5/c1-3-17-7-5-6-8-18(17)25-20(29)15-19-22(31)24-9-10-28(19)21(30)16-26-11-13-27(14-12-26)23(32)33-4-2/h5-8,19H,3-4,9-16H2,1-2H3,(H,24,31)(H,25,29). The van der Waals surface area contributed by atoms with Crippen molar-refractivity contribution in [3.63, 3.8) is 0 Å². The van der Waals surface area contributed by atoms with Crippen LogP contribution in [-0.2, 0) is 25.5 Å². The summed E-state index contributed by atoms with van der Waals surface area (Å²) in [6.45, 7) is 7.01. The molecule has 2 fully saturated rings. The van der Waals surface area contributed by atoms with Gasteiger partial charge in [0.05, 0.1) is 19.6 Å². The molecule has 0 aromatic heterocycles. The maximum atomic E-state index is 13.0. The molecule has 2 N–H and O–H groups in total. The van der Waals surface area contributed by atoms with Gasteiger partial charge in [-0.05, 0) is 25.0 Å². The van der Waals surface area contributed by atoms with E-state index in [4.69, 9.17) is 4.74 Å². The molecule has 0 radical (unpaired) electrons. The first-order valence-corrected chi connectivity index (χ1v) is 11.5. The fraction of sp³-hybridized carbons (Fsp3) is 0.565. The van der Waals surface area contributed by atoms with E-state index in [0.29, 0.717) is 45.9 Å². The van der Waals surface area contributed by atoms with Crippen molar-refractivity contribution >= 4 is 29.5 Å². The van der Waals surface area contributed by atoms with Gasteiger partial charge in [-0.1, -0.05) is 25.1 Å². The molecule has 180 valence electrons. The number of para-hydroxylation sites is 1. The number of anilines is 1. The summed E-state index contributed by atoms with van der Waals surface area (Å²) < 4.78 is 5.02. The highest BCUT2D eigenvalue weighted by atomic mass is 16.6. The number of piperazine rings is 2. The van der Waals surface area contributed by atoms with Crippen LogP contribution in [0.2, 0.25) is 0 Å². The number of carbonyl (C=O) groups is 4. The van der Waals surface area contributed by atoms with Crippen LogP contribution < -0.4 is 10.6 Å². The molecule has 0 saturated carbocycles. The second-order valence-electron chi connectivity index (χ2n) is 8.12. The molecule has 1 unspecified atom stereocenters. The zero-order valence-corrected chi connectivity index (χ0v) is 19.3. The van der Waals surface area contributed by atoms with Crippen LogP contribution in [-0.4, -0.2) is 97.0 Å². The molecule has 0 aliphatic carbocycles. The molecular weight excluding hydrogens is 426 g/mol. The Balaban J connectivity index is 1.57. The molecule has 10 nitrogen and oxygen atoms in total. The SMILES string of the molecule is CCOC(=O)N1CCN(CC(=O)N2CCNC(=O)C2CC(=O)Nc2ccccc2CC)CC1. The van der Waals surface area contributed by atoms with Crippen LogP contribution >= 0.6 is 0 Å². The zero-order valence-electron chi connectivity index (χ0n) is 19.3. The first kappa shape index (κ1) is 24.5. The molecule has 10 heteroatoms. The van der Waals surface area contributed by atoms with E-state index in [9.17, 15) is 19.2 Å². The van der Waals surface area contributed by atoms with Gasteiger partial charge in [-0.25, -0.2) is 4.79 Å².